The minimum absolute atomic E-state index is 0.290. The fraction of sp³-hybridized carbons (Fsp3) is 0.0741. The van der Waals surface area contributed by atoms with Crippen LogP contribution in [0.3, 0.4) is 0 Å². The van der Waals surface area contributed by atoms with Gasteiger partial charge in [0.2, 0.25) is 0 Å². The number of furan rings is 2. The molecule has 0 spiro atoms. The lowest BCUT2D eigenvalue weighted by molar-refractivity contribution is 0.592. The van der Waals surface area contributed by atoms with E-state index < -0.39 is 0 Å². The third-order valence-electron chi connectivity index (χ3n) is 12.6. The molecule has 0 saturated heterocycles. The van der Waals surface area contributed by atoms with Gasteiger partial charge in [0.1, 0.15) is 22.5 Å². The summed E-state index contributed by atoms with van der Waals surface area (Å²) >= 11 is 3.99. The molecule has 1 aliphatic heterocycles. The van der Waals surface area contributed by atoms with Crippen LogP contribution >= 0.6 is 23.1 Å². The Labute approximate surface area is 343 Å². The van der Waals surface area contributed by atoms with Crippen LogP contribution in [0.25, 0.3) is 87.0 Å². The van der Waals surface area contributed by atoms with E-state index in [2.05, 4.69) is 176 Å². The molecule has 10 aromatic rings. The summed E-state index contributed by atoms with van der Waals surface area (Å²) in [5.41, 5.74) is 14.3. The van der Waals surface area contributed by atoms with Gasteiger partial charge in [-0.3, -0.25) is 0 Å². The molecule has 0 amide bonds. The van der Waals surface area contributed by atoms with Crippen molar-refractivity contribution in [1.82, 2.24) is 0 Å². The molecule has 0 bridgehead atoms. The Hall–Kier alpha value is -6.33. The van der Waals surface area contributed by atoms with Crippen LogP contribution in [0, 0.1) is 0 Å². The van der Waals surface area contributed by atoms with E-state index in [1.54, 1.807) is 0 Å². The van der Waals surface area contributed by atoms with Gasteiger partial charge < -0.3 is 8.83 Å². The first-order valence-corrected chi connectivity index (χ1v) is 21.8. The number of thioether (sulfide) groups is 1. The molecule has 4 heterocycles. The van der Waals surface area contributed by atoms with Crippen LogP contribution in [-0.4, -0.2) is 5.25 Å². The van der Waals surface area contributed by atoms with Gasteiger partial charge in [0.15, 0.2) is 0 Å². The van der Waals surface area contributed by atoms with Gasteiger partial charge in [-0.15, -0.1) is 23.1 Å². The van der Waals surface area contributed by atoms with Gasteiger partial charge in [0.05, 0.1) is 0 Å². The zero-order chi connectivity index (χ0) is 37.9. The minimum atomic E-state index is 0.290. The fourth-order valence-corrected chi connectivity index (χ4v) is 12.4. The van der Waals surface area contributed by atoms with Crippen LogP contribution in [0.5, 0.6) is 0 Å². The first-order chi connectivity index (χ1) is 28.7. The molecule has 58 heavy (non-hydrogen) atoms. The van der Waals surface area contributed by atoms with Gasteiger partial charge >= 0.3 is 0 Å². The maximum Gasteiger partial charge on any atom is 0.135 e. The highest BCUT2D eigenvalue weighted by molar-refractivity contribution is 8.00. The van der Waals surface area contributed by atoms with E-state index in [-0.39, 0.29) is 0 Å². The van der Waals surface area contributed by atoms with Gasteiger partial charge in [-0.25, -0.2) is 0 Å². The van der Waals surface area contributed by atoms with Crippen LogP contribution in [0.1, 0.15) is 39.8 Å². The molecular weight excluding hydrogens is 745 g/mol. The van der Waals surface area contributed by atoms with Crippen molar-refractivity contribution in [3.63, 3.8) is 0 Å². The largest absolute Gasteiger partial charge is 0.456 e. The standard InChI is InChI=1S/C54H34O2S2/c1-3-7-31(8-4-1)33-11-19-47-41(25-33)43-27-35(13-21-49(43)55-47)37-15-23-51-45(29-37)39-17-18-40-46-30-38(16-24-52(46)58-54(40)53(39)57-51)36-14-22-50-44(28-36)42-26-34(12-20-48(42)56-50)32-9-5-2-6-10-32/h1-27,29-30,36,45,51H,28H2. The molecule has 2 nitrogen and oxygen atoms in total. The number of fused-ring (bicyclic) bond motifs is 13. The second-order valence-electron chi connectivity index (χ2n) is 15.9. The predicted molar refractivity (Wildman–Crippen MR) is 245 cm³/mol. The van der Waals surface area contributed by atoms with Gasteiger partial charge in [0, 0.05) is 63.9 Å². The monoisotopic (exact) mass is 778 g/mol. The summed E-state index contributed by atoms with van der Waals surface area (Å²) in [4.78, 5) is 1.45. The van der Waals surface area contributed by atoms with Crippen LogP contribution in [0.15, 0.2) is 184 Å². The highest BCUT2D eigenvalue weighted by atomic mass is 32.2. The smallest absolute Gasteiger partial charge is 0.135 e. The van der Waals surface area contributed by atoms with Crippen LogP contribution in [0.4, 0.5) is 0 Å². The van der Waals surface area contributed by atoms with Crippen LogP contribution in [0.2, 0.25) is 0 Å². The molecule has 2 aliphatic carbocycles. The van der Waals surface area contributed by atoms with E-state index in [1.165, 1.54) is 80.5 Å². The van der Waals surface area contributed by atoms with E-state index in [0.29, 0.717) is 17.1 Å². The number of hydrogen-bond donors (Lipinski definition) is 0. The molecule has 0 fully saturated rings. The Morgan fingerprint density at radius 2 is 1.21 bits per heavy atom. The first-order valence-electron chi connectivity index (χ1n) is 20.1. The quantitative estimate of drug-likeness (QED) is 0.178. The molecular formula is C54H34O2S2. The number of rotatable bonds is 4. The summed E-state index contributed by atoms with van der Waals surface area (Å²) in [6.45, 7) is 0. The van der Waals surface area contributed by atoms with Crippen molar-refractivity contribution >= 4 is 87.8 Å². The summed E-state index contributed by atoms with van der Waals surface area (Å²) in [5.74, 6) is 1.62. The molecule has 13 rings (SSSR count). The first kappa shape index (κ1) is 32.7. The van der Waals surface area contributed by atoms with Crippen molar-refractivity contribution in [2.45, 2.75) is 28.4 Å². The topological polar surface area (TPSA) is 26.3 Å². The molecule has 3 aromatic heterocycles. The molecule has 0 saturated carbocycles. The molecule has 0 radical (unpaired) electrons. The van der Waals surface area contributed by atoms with Gasteiger partial charge in [-0.2, -0.15) is 0 Å². The van der Waals surface area contributed by atoms with Crippen LogP contribution in [-0.2, 0) is 6.42 Å². The lowest BCUT2D eigenvalue weighted by Gasteiger charge is -2.19. The minimum Gasteiger partial charge on any atom is -0.456 e. The Balaban J connectivity index is 0.826. The van der Waals surface area contributed by atoms with E-state index in [4.69, 9.17) is 8.83 Å². The van der Waals surface area contributed by atoms with Crippen LogP contribution < -0.4 is 0 Å². The zero-order valence-electron chi connectivity index (χ0n) is 31.3. The molecule has 3 unspecified atom stereocenters. The number of benzene rings is 7. The second kappa shape index (κ2) is 12.6. The SMILES string of the molecule is C1=CC2Sc3c(ccc4c3sc3ccc(C5C=Cc6oc7ccc(-c8ccccc8)cc7c6C5)cc34)C2C=C1c1ccc2oc3ccc(-c4ccccc4)cc3c2c1. The van der Waals surface area contributed by atoms with E-state index in [9.17, 15) is 0 Å². The predicted octanol–water partition coefficient (Wildman–Crippen LogP) is 15.6. The lowest BCUT2D eigenvalue weighted by Crippen LogP contribution is -2.08. The van der Waals surface area contributed by atoms with Crippen molar-refractivity contribution < 1.29 is 8.83 Å². The average molecular weight is 779 g/mol. The molecule has 3 aliphatic rings. The summed E-state index contributed by atoms with van der Waals surface area (Å²) < 4.78 is 15.4. The highest BCUT2D eigenvalue weighted by Gasteiger charge is 2.34. The molecule has 7 aromatic carbocycles. The Morgan fingerprint density at radius 1 is 0.517 bits per heavy atom. The number of hydrogen-bond acceptors (Lipinski definition) is 4. The third-order valence-corrected chi connectivity index (χ3v) is 15.3. The van der Waals surface area contributed by atoms with E-state index in [1.807, 2.05) is 23.1 Å². The highest BCUT2D eigenvalue weighted by Crippen LogP contribution is 2.55. The Kier molecular flexibility index (Phi) is 7.10. The summed E-state index contributed by atoms with van der Waals surface area (Å²) in [6, 6.07) is 53.0. The van der Waals surface area contributed by atoms with Crippen molar-refractivity contribution in [2.75, 3.05) is 0 Å². The fourth-order valence-electron chi connectivity index (χ4n) is 9.64. The van der Waals surface area contributed by atoms with E-state index in [0.717, 1.165) is 39.7 Å². The van der Waals surface area contributed by atoms with Crippen molar-refractivity contribution in [3.8, 4) is 22.3 Å². The average Bonchev–Trinajstić information content (AvgIpc) is 4.05. The maximum atomic E-state index is 6.34. The summed E-state index contributed by atoms with van der Waals surface area (Å²) in [6.07, 6.45) is 12.7. The van der Waals surface area contributed by atoms with Crippen molar-refractivity contribution in [3.05, 3.63) is 198 Å². The van der Waals surface area contributed by atoms with Gasteiger partial charge in [0.25, 0.3) is 0 Å². The normalized spacial score (nSPS) is 18.3. The van der Waals surface area contributed by atoms with Crippen molar-refractivity contribution in [1.29, 1.82) is 0 Å². The molecule has 274 valence electrons. The molecule has 3 atom stereocenters. The summed E-state index contributed by atoms with van der Waals surface area (Å²) in [7, 11) is 0. The maximum absolute atomic E-state index is 6.34. The molecule has 0 N–H and O–H groups in total. The summed E-state index contributed by atoms with van der Waals surface area (Å²) in [5, 5.41) is 6.67. The second-order valence-corrected chi connectivity index (χ2v) is 18.1. The lowest BCUT2D eigenvalue weighted by atomic mass is 9.85. The zero-order valence-corrected chi connectivity index (χ0v) is 32.9. The Bertz CT molecular complexity index is 3410. The number of allylic oxidation sites excluding steroid dienone is 4. The molecule has 4 heteroatoms. The third kappa shape index (κ3) is 5.05. The van der Waals surface area contributed by atoms with E-state index >= 15 is 0 Å². The number of thiophene rings is 1. The van der Waals surface area contributed by atoms with Crippen molar-refractivity contribution in [2.24, 2.45) is 0 Å². The van der Waals surface area contributed by atoms with Gasteiger partial charge in [-0.05, 0) is 106 Å². The van der Waals surface area contributed by atoms with Gasteiger partial charge in [-0.1, -0.05) is 121 Å². The Morgan fingerprint density at radius 3 is 1.97 bits per heavy atom.